The van der Waals surface area contributed by atoms with Crippen molar-refractivity contribution >= 4 is 27.0 Å². The van der Waals surface area contributed by atoms with Gasteiger partial charge in [-0.15, -0.1) is 0 Å². The summed E-state index contributed by atoms with van der Waals surface area (Å²) in [7, 11) is 0. The van der Waals surface area contributed by atoms with Gasteiger partial charge in [0, 0.05) is 11.6 Å². The van der Waals surface area contributed by atoms with E-state index in [-0.39, 0.29) is 15.5 Å². The fourth-order valence-corrected chi connectivity index (χ4v) is 2.20. The van der Waals surface area contributed by atoms with Gasteiger partial charge in [0.05, 0.1) is 9.99 Å². The third kappa shape index (κ3) is 2.12. The number of hydrogen-bond donors (Lipinski definition) is 1. The molecule has 0 radical (unpaired) electrons. The van der Waals surface area contributed by atoms with Crippen molar-refractivity contribution in [1.82, 2.24) is 9.97 Å². The van der Waals surface area contributed by atoms with Gasteiger partial charge in [0.1, 0.15) is 23.0 Å². The number of nitrogens with one attached hydrogen (secondary N) is 1. The maximum absolute atomic E-state index is 13.5. The summed E-state index contributed by atoms with van der Waals surface area (Å²) in [6, 6.07) is 6.22. The van der Waals surface area contributed by atoms with Crippen LogP contribution in [-0.4, -0.2) is 9.97 Å². The molecule has 1 aromatic heterocycles. The number of H-pyrrole nitrogens is 1. The number of rotatable bonds is 1. The van der Waals surface area contributed by atoms with E-state index >= 15 is 0 Å². The smallest absolute Gasteiger partial charge is 0.153 e. The fraction of sp³-hybridized carbons (Fsp3) is 0. The minimum atomic E-state index is -0.737. The lowest BCUT2D eigenvalue weighted by Crippen LogP contribution is -1.83. The van der Waals surface area contributed by atoms with E-state index in [1.807, 2.05) is 0 Å². The van der Waals surface area contributed by atoms with Gasteiger partial charge >= 0.3 is 0 Å². The van der Waals surface area contributed by atoms with Crippen LogP contribution in [0.2, 0.25) is 0 Å². The van der Waals surface area contributed by atoms with Crippen molar-refractivity contribution < 1.29 is 13.2 Å². The standard InChI is InChI=1S/C13H6BrF3N2/c14-8-3-6(1-2-9(8)16)13-18-11-5-7(15)4-10(17)12(11)19-13/h1-5H,(H,18,19). The molecule has 0 aliphatic heterocycles. The average Bonchev–Trinajstić information content (AvgIpc) is 2.76. The molecule has 0 spiro atoms. The second-order valence-electron chi connectivity index (χ2n) is 4.00. The highest BCUT2D eigenvalue weighted by atomic mass is 79.9. The summed E-state index contributed by atoms with van der Waals surface area (Å²) < 4.78 is 40.0. The topological polar surface area (TPSA) is 28.7 Å². The molecule has 6 heteroatoms. The molecule has 0 amide bonds. The molecule has 0 aliphatic carbocycles. The largest absolute Gasteiger partial charge is 0.338 e. The number of aromatic amines is 1. The van der Waals surface area contributed by atoms with Crippen LogP contribution in [0.3, 0.4) is 0 Å². The van der Waals surface area contributed by atoms with Crippen LogP contribution >= 0.6 is 15.9 Å². The Balaban J connectivity index is 2.20. The van der Waals surface area contributed by atoms with Crippen molar-refractivity contribution in [1.29, 1.82) is 0 Å². The first-order chi connectivity index (χ1) is 9.04. The number of halogens is 4. The van der Waals surface area contributed by atoms with Gasteiger partial charge in [0.15, 0.2) is 5.82 Å². The quantitative estimate of drug-likeness (QED) is 0.705. The van der Waals surface area contributed by atoms with E-state index in [1.165, 1.54) is 18.2 Å². The van der Waals surface area contributed by atoms with Crippen LogP contribution in [0.1, 0.15) is 0 Å². The Labute approximate surface area is 114 Å². The second kappa shape index (κ2) is 4.38. The molecule has 1 heterocycles. The van der Waals surface area contributed by atoms with E-state index in [0.29, 0.717) is 11.4 Å². The summed E-state index contributed by atoms with van der Waals surface area (Å²) in [5.41, 5.74) is 0.883. The molecule has 0 fully saturated rings. The van der Waals surface area contributed by atoms with Crippen molar-refractivity contribution in [3.05, 3.63) is 52.3 Å². The molecule has 0 saturated carbocycles. The Morgan fingerprint density at radius 2 is 1.79 bits per heavy atom. The van der Waals surface area contributed by atoms with Gasteiger partial charge in [-0.3, -0.25) is 0 Å². The zero-order valence-electron chi connectivity index (χ0n) is 9.35. The maximum Gasteiger partial charge on any atom is 0.153 e. The van der Waals surface area contributed by atoms with Crippen molar-refractivity contribution in [3.63, 3.8) is 0 Å². The van der Waals surface area contributed by atoms with Gasteiger partial charge in [-0.2, -0.15) is 0 Å². The number of benzene rings is 2. The molecule has 96 valence electrons. The van der Waals surface area contributed by atoms with Crippen LogP contribution in [-0.2, 0) is 0 Å². The van der Waals surface area contributed by atoms with E-state index in [1.54, 1.807) is 0 Å². The second-order valence-corrected chi connectivity index (χ2v) is 4.85. The highest BCUT2D eigenvalue weighted by molar-refractivity contribution is 9.10. The minimum Gasteiger partial charge on any atom is -0.338 e. The summed E-state index contributed by atoms with van der Waals surface area (Å²) in [4.78, 5) is 6.86. The minimum absolute atomic E-state index is 0.0526. The van der Waals surface area contributed by atoms with E-state index in [0.717, 1.165) is 12.1 Å². The lowest BCUT2D eigenvalue weighted by Gasteiger charge is -1.98. The van der Waals surface area contributed by atoms with Crippen LogP contribution in [0.15, 0.2) is 34.8 Å². The van der Waals surface area contributed by atoms with Gasteiger partial charge in [0.25, 0.3) is 0 Å². The molecule has 0 aliphatic rings. The number of hydrogen-bond acceptors (Lipinski definition) is 1. The summed E-state index contributed by atoms with van der Waals surface area (Å²) in [5.74, 6) is -1.48. The summed E-state index contributed by atoms with van der Waals surface area (Å²) in [6.45, 7) is 0. The van der Waals surface area contributed by atoms with Crippen LogP contribution in [0.25, 0.3) is 22.4 Å². The predicted octanol–water partition coefficient (Wildman–Crippen LogP) is 4.41. The van der Waals surface area contributed by atoms with E-state index in [4.69, 9.17) is 0 Å². The highest BCUT2D eigenvalue weighted by Crippen LogP contribution is 2.26. The third-order valence-corrected chi connectivity index (χ3v) is 3.31. The van der Waals surface area contributed by atoms with Crippen molar-refractivity contribution in [2.24, 2.45) is 0 Å². The molecule has 2 nitrogen and oxygen atoms in total. The Morgan fingerprint density at radius 3 is 2.53 bits per heavy atom. The number of fused-ring (bicyclic) bond motifs is 1. The normalized spacial score (nSPS) is 11.2. The monoisotopic (exact) mass is 326 g/mol. The lowest BCUT2D eigenvalue weighted by molar-refractivity contribution is 0.590. The van der Waals surface area contributed by atoms with E-state index in [2.05, 4.69) is 25.9 Å². The first-order valence-electron chi connectivity index (χ1n) is 5.35. The van der Waals surface area contributed by atoms with Gasteiger partial charge in [-0.1, -0.05) is 0 Å². The fourth-order valence-electron chi connectivity index (χ4n) is 1.82. The molecule has 1 N–H and O–H groups in total. The molecule has 3 rings (SSSR count). The molecular weight excluding hydrogens is 321 g/mol. The molecule has 0 atom stereocenters. The van der Waals surface area contributed by atoms with Crippen LogP contribution in [0.4, 0.5) is 13.2 Å². The summed E-state index contributed by atoms with van der Waals surface area (Å²) in [6.07, 6.45) is 0. The molecule has 3 aromatic rings. The van der Waals surface area contributed by atoms with Gasteiger partial charge < -0.3 is 4.98 Å². The van der Waals surface area contributed by atoms with Gasteiger partial charge in [-0.05, 0) is 40.2 Å². The zero-order valence-corrected chi connectivity index (χ0v) is 10.9. The highest BCUT2D eigenvalue weighted by Gasteiger charge is 2.12. The number of imidazole rings is 1. The van der Waals surface area contributed by atoms with Gasteiger partial charge in [0.2, 0.25) is 0 Å². The molecule has 0 unspecified atom stereocenters. The molecule has 19 heavy (non-hydrogen) atoms. The number of aromatic nitrogens is 2. The van der Waals surface area contributed by atoms with Gasteiger partial charge in [-0.25, -0.2) is 18.2 Å². The van der Waals surface area contributed by atoms with Crippen molar-refractivity contribution in [2.75, 3.05) is 0 Å². The lowest BCUT2D eigenvalue weighted by atomic mass is 10.2. The number of nitrogens with zero attached hydrogens (tertiary/aromatic N) is 1. The Hall–Kier alpha value is -1.82. The molecular formula is C13H6BrF3N2. The van der Waals surface area contributed by atoms with Crippen molar-refractivity contribution in [3.8, 4) is 11.4 Å². The SMILES string of the molecule is Fc1cc(F)c2nc(-c3ccc(F)c(Br)c3)[nH]c2c1. The zero-order chi connectivity index (χ0) is 13.6. The first-order valence-corrected chi connectivity index (χ1v) is 6.14. The van der Waals surface area contributed by atoms with E-state index in [9.17, 15) is 13.2 Å². The Morgan fingerprint density at radius 1 is 1.00 bits per heavy atom. The van der Waals surface area contributed by atoms with Crippen LogP contribution in [0.5, 0.6) is 0 Å². The average molecular weight is 327 g/mol. The maximum atomic E-state index is 13.5. The summed E-state index contributed by atoms with van der Waals surface area (Å²) in [5, 5.41) is 0. The Bertz CT molecular complexity index is 783. The molecule has 0 saturated heterocycles. The van der Waals surface area contributed by atoms with Crippen LogP contribution in [0, 0.1) is 17.5 Å². The molecule has 0 bridgehead atoms. The van der Waals surface area contributed by atoms with Crippen LogP contribution < -0.4 is 0 Å². The first kappa shape index (κ1) is 12.2. The predicted molar refractivity (Wildman–Crippen MR) is 69.1 cm³/mol. The van der Waals surface area contributed by atoms with Crippen molar-refractivity contribution in [2.45, 2.75) is 0 Å². The van der Waals surface area contributed by atoms with E-state index < -0.39 is 17.5 Å². The summed E-state index contributed by atoms with van der Waals surface area (Å²) >= 11 is 3.06. The third-order valence-electron chi connectivity index (χ3n) is 2.70. The Kier molecular flexibility index (Phi) is 2.82. The molecule has 2 aromatic carbocycles.